The molecule has 2 aliphatic rings. The molecule has 0 radical (unpaired) electrons. The molecule has 1 aromatic carbocycles. The number of nitrogens with zero attached hydrogens (tertiary/aromatic N) is 4. The van der Waals surface area contributed by atoms with Crippen molar-refractivity contribution in [1.82, 2.24) is 18.8 Å². The van der Waals surface area contributed by atoms with Gasteiger partial charge in [-0.2, -0.15) is 4.31 Å². The number of piperidine rings is 1. The van der Waals surface area contributed by atoms with Gasteiger partial charge in [-0.1, -0.05) is 18.2 Å². The Morgan fingerprint density at radius 1 is 1.00 bits per heavy atom. The number of pyridine rings is 1. The van der Waals surface area contributed by atoms with Crippen LogP contribution in [-0.4, -0.2) is 40.3 Å². The molecule has 1 aliphatic heterocycles. The topological polar surface area (TPSA) is 85.2 Å². The van der Waals surface area contributed by atoms with Crippen molar-refractivity contribution < 1.29 is 8.42 Å². The van der Waals surface area contributed by atoms with E-state index < -0.39 is 10.0 Å². The monoisotopic (exact) mass is 424 g/mol. The predicted molar refractivity (Wildman–Crippen MR) is 114 cm³/mol. The van der Waals surface area contributed by atoms with Crippen LogP contribution < -0.4 is 5.56 Å². The van der Waals surface area contributed by atoms with Crippen LogP contribution in [0.25, 0.3) is 10.9 Å². The van der Waals surface area contributed by atoms with Gasteiger partial charge in [-0.05, 0) is 43.7 Å². The zero-order chi connectivity index (χ0) is 20.7. The van der Waals surface area contributed by atoms with Gasteiger partial charge in [0.2, 0.25) is 10.0 Å². The molecule has 0 unspecified atom stereocenters. The summed E-state index contributed by atoms with van der Waals surface area (Å²) >= 11 is 0. The van der Waals surface area contributed by atoms with E-state index in [4.69, 9.17) is 0 Å². The second kappa shape index (κ2) is 7.59. The molecule has 156 valence electrons. The molecule has 5 rings (SSSR count). The lowest BCUT2D eigenvalue weighted by molar-refractivity contribution is 0.251. The standard InChI is InChI=1S/C22H24N4O3S/c27-21-13-19(17-6-7-17)24-15-25(21)14-16-8-11-26(12-9-16)30(28,29)20-5-1-3-18-4-2-10-23-22(18)20/h1-5,10,13,15-17H,6-9,11-12,14H2. The van der Waals surface area contributed by atoms with Crippen LogP contribution in [0.1, 0.15) is 37.3 Å². The Bertz CT molecular complexity index is 1240. The van der Waals surface area contributed by atoms with Crippen LogP contribution in [0.4, 0.5) is 0 Å². The van der Waals surface area contributed by atoms with E-state index in [1.165, 1.54) is 0 Å². The van der Waals surface area contributed by atoms with Crippen molar-refractivity contribution in [3.05, 3.63) is 65.0 Å². The molecular formula is C22H24N4O3S. The summed E-state index contributed by atoms with van der Waals surface area (Å²) in [5.41, 5.74) is 1.40. The minimum atomic E-state index is -3.61. The number of aromatic nitrogens is 3. The van der Waals surface area contributed by atoms with Crippen LogP contribution in [0.15, 0.2) is 58.6 Å². The van der Waals surface area contributed by atoms with Crippen molar-refractivity contribution >= 4 is 20.9 Å². The first kappa shape index (κ1) is 19.4. The van der Waals surface area contributed by atoms with E-state index in [0.29, 0.717) is 43.9 Å². The summed E-state index contributed by atoms with van der Waals surface area (Å²) in [4.78, 5) is 21.4. The lowest BCUT2D eigenvalue weighted by Crippen LogP contribution is -2.40. The molecule has 1 aliphatic carbocycles. The zero-order valence-corrected chi connectivity index (χ0v) is 17.5. The molecule has 30 heavy (non-hydrogen) atoms. The molecule has 8 heteroatoms. The van der Waals surface area contributed by atoms with E-state index in [1.54, 1.807) is 45.7 Å². The first-order valence-electron chi connectivity index (χ1n) is 10.4. The number of sulfonamides is 1. The van der Waals surface area contributed by atoms with Gasteiger partial charge in [0.1, 0.15) is 4.90 Å². The van der Waals surface area contributed by atoms with Crippen LogP contribution >= 0.6 is 0 Å². The fourth-order valence-electron chi connectivity index (χ4n) is 4.21. The van der Waals surface area contributed by atoms with E-state index in [1.807, 2.05) is 12.1 Å². The number of para-hydroxylation sites is 1. The molecule has 2 aromatic heterocycles. The molecule has 1 saturated heterocycles. The van der Waals surface area contributed by atoms with Gasteiger partial charge in [-0.15, -0.1) is 0 Å². The molecule has 0 bridgehead atoms. The van der Waals surface area contributed by atoms with E-state index in [-0.39, 0.29) is 16.4 Å². The summed E-state index contributed by atoms with van der Waals surface area (Å²) in [6.07, 6.45) is 6.95. The molecule has 0 spiro atoms. The highest BCUT2D eigenvalue weighted by Crippen LogP contribution is 2.38. The van der Waals surface area contributed by atoms with Gasteiger partial charge in [0.25, 0.3) is 5.56 Å². The Morgan fingerprint density at radius 2 is 1.77 bits per heavy atom. The summed E-state index contributed by atoms with van der Waals surface area (Å²) in [7, 11) is -3.61. The summed E-state index contributed by atoms with van der Waals surface area (Å²) in [5.74, 6) is 0.720. The largest absolute Gasteiger partial charge is 0.299 e. The zero-order valence-electron chi connectivity index (χ0n) is 16.6. The molecular weight excluding hydrogens is 400 g/mol. The second-order valence-electron chi connectivity index (χ2n) is 8.26. The lowest BCUT2D eigenvalue weighted by Gasteiger charge is -2.31. The highest BCUT2D eigenvalue weighted by atomic mass is 32.2. The molecule has 0 N–H and O–H groups in total. The smallest absolute Gasteiger partial charge is 0.253 e. The van der Waals surface area contributed by atoms with Crippen molar-refractivity contribution in [3.63, 3.8) is 0 Å². The number of rotatable bonds is 5. The molecule has 0 amide bonds. The van der Waals surface area contributed by atoms with Crippen LogP contribution in [0, 0.1) is 5.92 Å². The average Bonchev–Trinajstić information content (AvgIpc) is 3.60. The Labute approximate surface area is 175 Å². The molecule has 7 nitrogen and oxygen atoms in total. The Morgan fingerprint density at radius 3 is 2.50 bits per heavy atom. The third-order valence-corrected chi connectivity index (χ3v) is 8.07. The van der Waals surface area contributed by atoms with Crippen molar-refractivity contribution in [3.8, 4) is 0 Å². The fraction of sp³-hybridized carbons (Fsp3) is 0.409. The van der Waals surface area contributed by atoms with Crippen molar-refractivity contribution in [2.45, 2.75) is 43.0 Å². The molecule has 2 fully saturated rings. The van der Waals surface area contributed by atoms with E-state index in [0.717, 1.165) is 23.9 Å². The number of fused-ring (bicyclic) bond motifs is 1. The minimum Gasteiger partial charge on any atom is -0.299 e. The van der Waals surface area contributed by atoms with Gasteiger partial charge in [-0.25, -0.2) is 13.4 Å². The van der Waals surface area contributed by atoms with Crippen LogP contribution in [0.2, 0.25) is 0 Å². The van der Waals surface area contributed by atoms with Gasteiger partial charge in [0.15, 0.2) is 0 Å². The van der Waals surface area contributed by atoms with Crippen molar-refractivity contribution in [2.24, 2.45) is 5.92 Å². The normalized spacial score (nSPS) is 18.7. The first-order chi connectivity index (χ1) is 14.5. The Balaban J connectivity index is 1.29. The molecule has 3 heterocycles. The fourth-order valence-corrected chi connectivity index (χ4v) is 5.85. The summed E-state index contributed by atoms with van der Waals surface area (Å²) in [6.45, 7) is 1.47. The summed E-state index contributed by atoms with van der Waals surface area (Å²) in [6, 6.07) is 10.6. The van der Waals surface area contributed by atoms with E-state index >= 15 is 0 Å². The van der Waals surface area contributed by atoms with Crippen molar-refractivity contribution in [2.75, 3.05) is 13.1 Å². The summed E-state index contributed by atoms with van der Waals surface area (Å²) < 4.78 is 29.7. The first-order valence-corrected chi connectivity index (χ1v) is 11.9. The van der Waals surface area contributed by atoms with Crippen LogP contribution in [-0.2, 0) is 16.6 Å². The highest BCUT2D eigenvalue weighted by molar-refractivity contribution is 7.89. The van der Waals surface area contributed by atoms with Gasteiger partial charge in [0.05, 0.1) is 17.5 Å². The maximum absolute atomic E-state index is 13.2. The maximum Gasteiger partial charge on any atom is 0.253 e. The predicted octanol–water partition coefficient (Wildman–Crippen LogP) is 2.77. The third-order valence-electron chi connectivity index (χ3n) is 6.14. The third kappa shape index (κ3) is 3.65. The quantitative estimate of drug-likeness (QED) is 0.629. The van der Waals surface area contributed by atoms with Gasteiger partial charge < -0.3 is 0 Å². The highest BCUT2D eigenvalue weighted by Gasteiger charge is 2.31. The van der Waals surface area contributed by atoms with Gasteiger partial charge in [0, 0.05) is 43.2 Å². The Hall–Kier alpha value is -2.58. The van der Waals surface area contributed by atoms with Gasteiger partial charge in [-0.3, -0.25) is 14.3 Å². The molecule has 1 saturated carbocycles. The molecule has 0 atom stereocenters. The maximum atomic E-state index is 13.2. The van der Waals surface area contributed by atoms with Gasteiger partial charge >= 0.3 is 0 Å². The second-order valence-corrected chi connectivity index (χ2v) is 10.2. The number of hydrogen-bond acceptors (Lipinski definition) is 5. The SMILES string of the molecule is O=c1cc(C2CC2)ncn1CC1CCN(S(=O)(=O)c2cccc3cccnc23)CC1. The summed E-state index contributed by atoms with van der Waals surface area (Å²) in [5, 5.41) is 0.815. The van der Waals surface area contributed by atoms with E-state index in [9.17, 15) is 13.2 Å². The van der Waals surface area contributed by atoms with Crippen LogP contribution in [0.5, 0.6) is 0 Å². The van der Waals surface area contributed by atoms with Crippen LogP contribution in [0.3, 0.4) is 0 Å². The number of benzene rings is 1. The molecule has 3 aromatic rings. The van der Waals surface area contributed by atoms with Crippen molar-refractivity contribution in [1.29, 1.82) is 0 Å². The Kier molecular flexibility index (Phi) is 4.91. The average molecular weight is 425 g/mol. The lowest BCUT2D eigenvalue weighted by atomic mass is 9.98. The van der Waals surface area contributed by atoms with E-state index in [2.05, 4.69) is 9.97 Å². The number of hydrogen-bond donors (Lipinski definition) is 0. The minimum absolute atomic E-state index is 0.0104.